The molecule has 17 heavy (non-hydrogen) atoms. The summed E-state index contributed by atoms with van der Waals surface area (Å²) in [5.74, 6) is 0.810. The van der Waals surface area contributed by atoms with Gasteiger partial charge in [-0.25, -0.2) is 4.98 Å². The second-order valence-corrected chi connectivity index (χ2v) is 5.19. The van der Waals surface area contributed by atoms with E-state index in [1.807, 2.05) is 6.07 Å². The van der Waals surface area contributed by atoms with Crippen molar-refractivity contribution in [3.8, 4) is 0 Å². The van der Waals surface area contributed by atoms with Crippen LogP contribution in [0.2, 0.25) is 0 Å². The van der Waals surface area contributed by atoms with Crippen LogP contribution in [0.25, 0.3) is 0 Å². The summed E-state index contributed by atoms with van der Waals surface area (Å²) in [6, 6.07) is 3.58. The smallest absolute Gasteiger partial charge is 0.236 e. The maximum atomic E-state index is 11.6. The number of carbonyl (C=O) groups excluding carboxylic acids is 1. The number of carbonyl (C=O) groups is 1. The molecule has 0 fully saturated rings. The monoisotopic (exact) mass is 314 g/mol. The lowest BCUT2D eigenvalue weighted by Gasteiger charge is -2.04. The van der Waals surface area contributed by atoms with Gasteiger partial charge in [-0.3, -0.25) is 9.79 Å². The molecule has 1 aromatic rings. The average molecular weight is 315 g/mol. The standard InChI is InChI=1S/C10H11BrN4OS/c11-7-1-2-8(14-5-7)15-9(16)6-17-10-12-3-4-13-10/h1-2,5H,3-4,6H2,(H,12,13)(H,14,15,16). The second-order valence-electron chi connectivity index (χ2n) is 3.31. The molecular weight excluding hydrogens is 304 g/mol. The predicted octanol–water partition coefficient (Wildman–Crippen LogP) is 1.47. The molecule has 90 valence electrons. The van der Waals surface area contributed by atoms with Crippen LogP contribution in [0.3, 0.4) is 0 Å². The number of aliphatic imine (C=N–C) groups is 1. The summed E-state index contributed by atoms with van der Waals surface area (Å²) in [4.78, 5) is 19.8. The Kier molecular flexibility index (Phi) is 4.38. The van der Waals surface area contributed by atoms with E-state index in [-0.39, 0.29) is 5.91 Å². The first kappa shape index (κ1) is 12.4. The molecule has 0 aromatic carbocycles. The number of amidine groups is 1. The highest BCUT2D eigenvalue weighted by molar-refractivity contribution is 9.10. The molecule has 0 spiro atoms. The number of hydrogen-bond donors (Lipinski definition) is 2. The molecular formula is C10H11BrN4OS. The number of anilines is 1. The van der Waals surface area contributed by atoms with Gasteiger partial charge in [0.05, 0.1) is 12.3 Å². The lowest BCUT2D eigenvalue weighted by atomic mass is 10.4. The first-order valence-corrected chi connectivity index (χ1v) is 6.84. The Labute approximate surface area is 112 Å². The Morgan fingerprint density at radius 1 is 1.59 bits per heavy atom. The van der Waals surface area contributed by atoms with Crippen molar-refractivity contribution in [2.45, 2.75) is 0 Å². The van der Waals surface area contributed by atoms with Gasteiger partial charge in [0.15, 0.2) is 5.17 Å². The third-order valence-corrected chi connectivity index (χ3v) is 3.40. The van der Waals surface area contributed by atoms with Crippen LogP contribution < -0.4 is 10.6 Å². The molecule has 0 saturated heterocycles. The van der Waals surface area contributed by atoms with E-state index in [9.17, 15) is 4.79 Å². The maximum absolute atomic E-state index is 11.6. The molecule has 0 aliphatic carbocycles. The van der Waals surface area contributed by atoms with E-state index >= 15 is 0 Å². The van der Waals surface area contributed by atoms with Crippen molar-refractivity contribution < 1.29 is 4.79 Å². The molecule has 7 heteroatoms. The summed E-state index contributed by atoms with van der Waals surface area (Å²) in [5, 5.41) is 6.65. The Morgan fingerprint density at radius 3 is 3.12 bits per heavy atom. The van der Waals surface area contributed by atoms with Crippen LogP contribution in [0.1, 0.15) is 0 Å². The van der Waals surface area contributed by atoms with Gasteiger partial charge >= 0.3 is 0 Å². The van der Waals surface area contributed by atoms with Crippen LogP contribution in [-0.2, 0) is 4.79 Å². The first-order chi connectivity index (χ1) is 8.24. The van der Waals surface area contributed by atoms with Gasteiger partial charge in [-0.1, -0.05) is 11.8 Å². The lowest BCUT2D eigenvalue weighted by molar-refractivity contribution is -0.113. The van der Waals surface area contributed by atoms with Gasteiger partial charge in [0.25, 0.3) is 0 Å². The number of pyridine rings is 1. The molecule has 1 amide bonds. The van der Waals surface area contributed by atoms with E-state index in [1.165, 1.54) is 11.8 Å². The predicted molar refractivity (Wildman–Crippen MR) is 73.3 cm³/mol. The largest absolute Gasteiger partial charge is 0.363 e. The third kappa shape index (κ3) is 4.01. The van der Waals surface area contributed by atoms with Crippen molar-refractivity contribution >= 4 is 44.6 Å². The topological polar surface area (TPSA) is 66.4 Å². The summed E-state index contributed by atoms with van der Waals surface area (Å²) in [5.41, 5.74) is 0. The van der Waals surface area contributed by atoms with Gasteiger partial charge in [-0.05, 0) is 28.1 Å². The third-order valence-electron chi connectivity index (χ3n) is 1.98. The number of nitrogens with one attached hydrogen (secondary N) is 2. The minimum absolute atomic E-state index is 0.0822. The zero-order valence-corrected chi connectivity index (χ0v) is 11.3. The van der Waals surface area contributed by atoms with Gasteiger partial charge in [-0.2, -0.15) is 0 Å². The highest BCUT2D eigenvalue weighted by Gasteiger charge is 2.09. The molecule has 1 aliphatic heterocycles. The number of thioether (sulfide) groups is 1. The molecule has 1 aromatic heterocycles. The lowest BCUT2D eigenvalue weighted by Crippen LogP contribution is -2.20. The zero-order chi connectivity index (χ0) is 12.1. The van der Waals surface area contributed by atoms with Crippen molar-refractivity contribution in [1.82, 2.24) is 10.3 Å². The van der Waals surface area contributed by atoms with Crippen molar-refractivity contribution in [2.75, 3.05) is 24.2 Å². The van der Waals surface area contributed by atoms with Crippen LogP contribution in [0.4, 0.5) is 5.82 Å². The molecule has 0 saturated carbocycles. The number of nitrogens with zero attached hydrogens (tertiary/aromatic N) is 2. The van der Waals surface area contributed by atoms with E-state index in [0.717, 1.165) is 22.7 Å². The molecule has 0 bridgehead atoms. The van der Waals surface area contributed by atoms with Gasteiger partial charge < -0.3 is 10.6 Å². The fourth-order valence-electron chi connectivity index (χ4n) is 1.24. The molecule has 1 aliphatic rings. The molecule has 0 atom stereocenters. The summed E-state index contributed by atoms with van der Waals surface area (Å²) in [6.45, 7) is 1.65. The Morgan fingerprint density at radius 2 is 2.47 bits per heavy atom. The molecule has 5 nitrogen and oxygen atoms in total. The van der Waals surface area contributed by atoms with Crippen LogP contribution in [-0.4, -0.2) is 34.9 Å². The van der Waals surface area contributed by atoms with E-state index in [2.05, 4.69) is 36.5 Å². The van der Waals surface area contributed by atoms with Gasteiger partial charge in [0.2, 0.25) is 5.91 Å². The van der Waals surface area contributed by atoms with Crippen LogP contribution in [0, 0.1) is 0 Å². The summed E-state index contributed by atoms with van der Waals surface area (Å²) >= 11 is 4.69. The first-order valence-electron chi connectivity index (χ1n) is 5.06. The minimum Gasteiger partial charge on any atom is -0.363 e. The molecule has 0 unspecified atom stereocenters. The minimum atomic E-state index is -0.0822. The molecule has 2 rings (SSSR count). The summed E-state index contributed by atoms with van der Waals surface area (Å²) in [6.07, 6.45) is 1.64. The van der Waals surface area contributed by atoms with Crippen molar-refractivity contribution in [3.05, 3.63) is 22.8 Å². The molecule has 2 heterocycles. The second kappa shape index (κ2) is 6.02. The van der Waals surface area contributed by atoms with E-state index < -0.39 is 0 Å². The normalized spacial score (nSPS) is 14.1. The molecule has 0 radical (unpaired) electrons. The van der Waals surface area contributed by atoms with E-state index in [4.69, 9.17) is 0 Å². The fraction of sp³-hybridized carbons (Fsp3) is 0.300. The van der Waals surface area contributed by atoms with E-state index in [1.54, 1.807) is 12.3 Å². The van der Waals surface area contributed by atoms with Gasteiger partial charge in [0.1, 0.15) is 5.82 Å². The summed E-state index contributed by atoms with van der Waals surface area (Å²) < 4.78 is 0.884. The van der Waals surface area contributed by atoms with Crippen molar-refractivity contribution in [3.63, 3.8) is 0 Å². The van der Waals surface area contributed by atoms with E-state index in [0.29, 0.717) is 11.6 Å². The number of rotatable bonds is 3. The zero-order valence-electron chi connectivity index (χ0n) is 8.94. The highest BCUT2D eigenvalue weighted by atomic mass is 79.9. The van der Waals surface area contributed by atoms with Crippen LogP contribution >= 0.6 is 27.7 Å². The Hall–Kier alpha value is -1.08. The Balaban J connectivity index is 1.78. The number of hydrogen-bond acceptors (Lipinski definition) is 5. The van der Waals surface area contributed by atoms with Crippen molar-refractivity contribution in [1.29, 1.82) is 0 Å². The number of amides is 1. The number of halogens is 1. The fourth-order valence-corrected chi connectivity index (χ4v) is 2.20. The number of aromatic nitrogens is 1. The molecule has 2 N–H and O–H groups in total. The Bertz CT molecular complexity index is 434. The summed E-state index contributed by atoms with van der Waals surface area (Å²) in [7, 11) is 0. The average Bonchev–Trinajstić information content (AvgIpc) is 2.83. The van der Waals surface area contributed by atoms with Gasteiger partial charge in [-0.15, -0.1) is 0 Å². The van der Waals surface area contributed by atoms with Gasteiger partial charge in [0, 0.05) is 17.2 Å². The SMILES string of the molecule is O=C(CSC1=NCCN1)Nc1ccc(Br)cn1. The quantitative estimate of drug-likeness (QED) is 0.886. The van der Waals surface area contributed by atoms with Crippen LogP contribution in [0.15, 0.2) is 27.8 Å². The highest BCUT2D eigenvalue weighted by Crippen LogP contribution is 2.11. The van der Waals surface area contributed by atoms with Crippen molar-refractivity contribution in [2.24, 2.45) is 4.99 Å². The maximum Gasteiger partial charge on any atom is 0.236 e. The van der Waals surface area contributed by atoms with Crippen LogP contribution in [0.5, 0.6) is 0 Å².